The second-order valence-electron chi connectivity index (χ2n) is 18.3. The second-order valence-corrected chi connectivity index (χ2v) is 20.4. The molecule has 0 fully saturated rings. The van der Waals surface area contributed by atoms with Crippen LogP contribution in [0.5, 0.6) is 0 Å². The van der Waals surface area contributed by atoms with Crippen LogP contribution in [0.2, 0.25) is 0 Å². The van der Waals surface area contributed by atoms with Crippen molar-refractivity contribution >= 4 is 139 Å². The van der Waals surface area contributed by atoms with Gasteiger partial charge in [0.25, 0.3) is 0 Å². The Labute approximate surface area is 406 Å². The standard InChI is InChI=1S/C63H34N4OS2/c1-2-14-38-32-52-50(31-37(38)13-1)47-27-21-35-11-3-5-15-41(35)58(47)67(52)51-30-29-49(60-57(51)48-28-22-36-12-4-6-16-42(36)59(48)68-60)63-65-61(39-23-25-45-43-17-7-9-19-53(43)69-55(45)33-39)64-62(66-63)40-24-26-46-44-18-8-10-20-54(44)70-56(46)34-40/h1-34H. The van der Waals surface area contributed by atoms with E-state index in [0.717, 1.165) is 66.1 Å². The van der Waals surface area contributed by atoms with Crippen LogP contribution < -0.4 is 0 Å². The van der Waals surface area contributed by atoms with Crippen molar-refractivity contribution < 1.29 is 4.42 Å². The summed E-state index contributed by atoms with van der Waals surface area (Å²) in [5.74, 6) is 1.76. The minimum Gasteiger partial charge on any atom is -0.455 e. The molecular weight excluding hydrogens is 893 g/mol. The normalized spacial score (nSPS) is 12.3. The molecule has 0 amide bonds. The van der Waals surface area contributed by atoms with Crippen molar-refractivity contribution in [3.63, 3.8) is 0 Å². The first-order valence-corrected chi connectivity index (χ1v) is 25.1. The average Bonchev–Trinajstić information content (AvgIpc) is 4.19. The molecule has 0 unspecified atom stereocenters. The number of hydrogen-bond acceptors (Lipinski definition) is 6. The molecular formula is C63H34N4OS2. The molecule has 0 radical (unpaired) electrons. The van der Waals surface area contributed by atoms with Crippen LogP contribution in [0.15, 0.2) is 211 Å². The van der Waals surface area contributed by atoms with E-state index in [4.69, 9.17) is 19.4 Å². The predicted molar refractivity (Wildman–Crippen MR) is 296 cm³/mol. The maximum atomic E-state index is 7.34. The molecule has 5 heterocycles. The van der Waals surface area contributed by atoms with Crippen LogP contribution in [0.4, 0.5) is 0 Å². The van der Waals surface area contributed by atoms with Gasteiger partial charge in [-0.15, -0.1) is 22.7 Å². The largest absolute Gasteiger partial charge is 0.455 e. The van der Waals surface area contributed by atoms with Gasteiger partial charge in [-0.3, -0.25) is 0 Å². The summed E-state index contributed by atoms with van der Waals surface area (Å²) in [4.78, 5) is 16.2. The molecule has 0 saturated carbocycles. The lowest BCUT2D eigenvalue weighted by Crippen LogP contribution is -2.01. The van der Waals surface area contributed by atoms with Gasteiger partial charge < -0.3 is 8.98 Å². The number of thiophene rings is 2. The smallest absolute Gasteiger partial charge is 0.167 e. The van der Waals surface area contributed by atoms with Crippen LogP contribution in [0.3, 0.4) is 0 Å². The molecule has 0 saturated heterocycles. The summed E-state index contributed by atoms with van der Waals surface area (Å²) in [5, 5.41) is 16.3. The monoisotopic (exact) mass is 926 g/mol. The lowest BCUT2D eigenvalue weighted by molar-refractivity contribution is 0.673. The summed E-state index contributed by atoms with van der Waals surface area (Å²) in [7, 11) is 0. The number of fused-ring (bicyclic) bond motifs is 17. The van der Waals surface area contributed by atoms with Crippen molar-refractivity contribution in [3.8, 4) is 39.9 Å². The van der Waals surface area contributed by atoms with Gasteiger partial charge in [-0.2, -0.15) is 0 Å². The summed E-state index contributed by atoms with van der Waals surface area (Å²) in [6.07, 6.45) is 0. The molecule has 7 heteroatoms. The molecule has 0 bridgehead atoms. The zero-order valence-electron chi connectivity index (χ0n) is 37.1. The number of rotatable bonds is 4. The summed E-state index contributed by atoms with van der Waals surface area (Å²) in [5.41, 5.74) is 7.53. The first kappa shape index (κ1) is 38.2. The third-order valence-corrected chi connectivity index (χ3v) is 16.7. The van der Waals surface area contributed by atoms with Crippen LogP contribution in [0.25, 0.3) is 156 Å². The van der Waals surface area contributed by atoms with E-state index in [9.17, 15) is 0 Å². The molecule has 16 rings (SSSR count). The molecule has 0 aliphatic rings. The van der Waals surface area contributed by atoms with Gasteiger partial charge in [0, 0.05) is 78.4 Å². The lowest BCUT2D eigenvalue weighted by atomic mass is 10.0. The van der Waals surface area contributed by atoms with Crippen molar-refractivity contribution in [2.24, 2.45) is 0 Å². The van der Waals surface area contributed by atoms with Crippen LogP contribution in [0.1, 0.15) is 0 Å². The maximum absolute atomic E-state index is 7.34. The molecule has 5 aromatic heterocycles. The van der Waals surface area contributed by atoms with Crippen LogP contribution >= 0.6 is 22.7 Å². The van der Waals surface area contributed by atoms with Crippen molar-refractivity contribution in [2.75, 3.05) is 0 Å². The topological polar surface area (TPSA) is 56.7 Å². The van der Waals surface area contributed by atoms with E-state index in [2.05, 4.69) is 211 Å². The van der Waals surface area contributed by atoms with E-state index in [0.29, 0.717) is 17.5 Å². The van der Waals surface area contributed by atoms with Gasteiger partial charge in [0.05, 0.1) is 27.7 Å². The van der Waals surface area contributed by atoms with Crippen molar-refractivity contribution in [3.05, 3.63) is 206 Å². The number of hydrogen-bond donors (Lipinski definition) is 0. The molecule has 0 atom stereocenters. The van der Waals surface area contributed by atoms with E-state index in [-0.39, 0.29) is 0 Å². The van der Waals surface area contributed by atoms with E-state index in [1.54, 1.807) is 22.7 Å². The fraction of sp³-hybridized carbons (Fsp3) is 0. The summed E-state index contributed by atoms with van der Waals surface area (Å²) < 4.78 is 14.7. The molecule has 0 N–H and O–H groups in total. The number of nitrogens with zero attached hydrogens (tertiary/aromatic N) is 4. The highest BCUT2D eigenvalue weighted by atomic mass is 32.1. The Hall–Kier alpha value is -8.75. The van der Waals surface area contributed by atoms with E-state index in [1.807, 2.05) is 0 Å². The van der Waals surface area contributed by atoms with Gasteiger partial charge in [-0.05, 0) is 76.1 Å². The highest BCUT2D eigenvalue weighted by Gasteiger charge is 2.25. The summed E-state index contributed by atoms with van der Waals surface area (Å²) in [6.45, 7) is 0. The third kappa shape index (κ3) is 5.50. The zero-order valence-corrected chi connectivity index (χ0v) is 38.8. The fourth-order valence-corrected chi connectivity index (χ4v) is 13.4. The van der Waals surface area contributed by atoms with Gasteiger partial charge in [0.15, 0.2) is 17.5 Å². The Bertz CT molecular complexity index is 4790. The molecule has 70 heavy (non-hydrogen) atoms. The Morgan fingerprint density at radius 1 is 0.343 bits per heavy atom. The van der Waals surface area contributed by atoms with Crippen molar-refractivity contribution in [2.45, 2.75) is 0 Å². The fourth-order valence-electron chi connectivity index (χ4n) is 11.2. The van der Waals surface area contributed by atoms with Gasteiger partial charge in [0.1, 0.15) is 11.2 Å². The van der Waals surface area contributed by atoms with Gasteiger partial charge >= 0.3 is 0 Å². The second kappa shape index (κ2) is 14.4. The molecule has 0 aliphatic carbocycles. The highest BCUT2D eigenvalue weighted by Crippen LogP contribution is 2.46. The van der Waals surface area contributed by atoms with Crippen molar-refractivity contribution in [1.29, 1.82) is 0 Å². The molecule has 16 aromatic rings. The van der Waals surface area contributed by atoms with E-state index < -0.39 is 0 Å². The Kier molecular flexibility index (Phi) is 7.86. The third-order valence-electron chi connectivity index (χ3n) is 14.4. The van der Waals surface area contributed by atoms with E-state index >= 15 is 0 Å². The Balaban J connectivity index is 1.01. The average molecular weight is 927 g/mol. The Morgan fingerprint density at radius 2 is 0.857 bits per heavy atom. The lowest BCUT2D eigenvalue weighted by Gasteiger charge is -2.14. The SMILES string of the molecule is c1ccc2cc3c(cc2c1)c1ccc2ccccc2c1n3-c1ccc(-c2nc(-c3ccc4c(c3)sc3ccccc34)nc(-c3ccc4c(c3)sc3ccccc34)n2)c2oc3c4ccccc4ccc3c12. The Morgan fingerprint density at radius 3 is 1.53 bits per heavy atom. The summed E-state index contributed by atoms with van der Waals surface area (Å²) in [6, 6.07) is 74.4. The molecule has 11 aromatic carbocycles. The number of furan rings is 1. The van der Waals surface area contributed by atoms with Crippen molar-refractivity contribution in [1.82, 2.24) is 19.5 Å². The minimum absolute atomic E-state index is 0.548. The quantitative estimate of drug-likeness (QED) is 0.176. The van der Waals surface area contributed by atoms with Crippen LogP contribution in [-0.2, 0) is 0 Å². The summed E-state index contributed by atoms with van der Waals surface area (Å²) >= 11 is 3.59. The zero-order chi connectivity index (χ0) is 45.6. The van der Waals surface area contributed by atoms with Gasteiger partial charge in [-0.25, -0.2) is 15.0 Å². The number of aromatic nitrogens is 4. The maximum Gasteiger partial charge on any atom is 0.167 e. The van der Waals surface area contributed by atoms with Gasteiger partial charge in [0.2, 0.25) is 0 Å². The van der Waals surface area contributed by atoms with E-state index in [1.165, 1.54) is 72.7 Å². The number of benzene rings is 11. The molecule has 0 spiro atoms. The highest BCUT2D eigenvalue weighted by molar-refractivity contribution is 7.26. The predicted octanol–water partition coefficient (Wildman–Crippen LogP) is 18.1. The minimum atomic E-state index is 0.548. The first-order chi connectivity index (χ1) is 34.7. The van der Waals surface area contributed by atoms with Crippen LogP contribution in [-0.4, -0.2) is 19.5 Å². The molecule has 0 aliphatic heterocycles. The van der Waals surface area contributed by atoms with Crippen LogP contribution in [0, 0.1) is 0 Å². The molecule has 5 nitrogen and oxygen atoms in total. The molecule has 324 valence electrons. The van der Waals surface area contributed by atoms with Gasteiger partial charge in [-0.1, -0.05) is 152 Å². The first-order valence-electron chi connectivity index (χ1n) is 23.5.